The van der Waals surface area contributed by atoms with Crippen molar-refractivity contribution in [1.82, 2.24) is 5.01 Å². The predicted octanol–water partition coefficient (Wildman–Crippen LogP) is 3.58. The standard InChI is InChI=1S/C21H17N3O2/c1-26-20(25)11-15-13-24-21(19-10-6-5-9-18(15)19)16(12-22)14-23(24)17-7-3-2-4-8-17/h2-10,13H,11,14H2,1H3. The first kappa shape index (κ1) is 16.0. The highest BCUT2D eigenvalue weighted by Gasteiger charge is 2.35. The van der Waals surface area contributed by atoms with Crippen LogP contribution in [0.4, 0.5) is 5.69 Å². The molecule has 0 saturated carbocycles. The number of hydrogen-bond acceptors (Lipinski definition) is 5. The largest absolute Gasteiger partial charge is 0.469 e. The quantitative estimate of drug-likeness (QED) is 0.798. The fraction of sp³-hybridized carbons (Fsp3) is 0.143. The van der Waals surface area contributed by atoms with Gasteiger partial charge in [-0.25, -0.2) is 0 Å². The van der Waals surface area contributed by atoms with E-state index in [2.05, 4.69) is 6.07 Å². The number of benzene rings is 2. The Kier molecular flexibility index (Phi) is 3.94. The van der Waals surface area contributed by atoms with Crippen LogP contribution in [-0.4, -0.2) is 24.6 Å². The molecule has 0 bridgehead atoms. The van der Waals surface area contributed by atoms with Gasteiger partial charge in [0, 0.05) is 11.8 Å². The smallest absolute Gasteiger partial charge is 0.310 e. The Morgan fingerprint density at radius 2 is 1.81 bits per heavy atom. The first-order chi connectivity index (χ1) is 12.7. The van der Waals surface area contributed by atoms with E-state index in [1.165, 1.54) is 7.11 Å². The van der Waals surface area contributed by atoms with Crippen LogP contribution in [0.25, 0.3) is 11.3 Å². The van der Waals surface area contributed by atoms with Crippen molar-refractivity contribution < 1.29 is 9.53 Å². The Balaban J connectivity index is 1.86. The zero-order valence-corrected chi connectivity index (χ0v) is 14.3. The average Bonchev–Trinajstić information content (AvgIpc) is 3.07. The van der Waals surface area contributed by atoms with E-state index in [0.29, 0.717) is 12.1 Å². The summed E-state index contributed by atoms with van der Waals surface area (Å²) >= 11 is 0. The van der Waals surface area contributed by atoms with Crippen LogP contribution >= 0.6 is 0 Å². The van der Waals surface area contributed by atoms with Crippen molar-refractivity contribution in [2.45, 2.75) is 6.42 Å². The molecule has 2 aromatic carbocycles. The van der Waals surface area contributed by atoms with Crippen molar-refractivity contribution in [1.29, 1.82) is 5.26 Å². The molecule has 0 saturated heterocycles. The molecule has 5 heteroatoms. The predicted molar refractivity (Wildman–Crippen MR) is 99.2 cm³/mol. The van der Waals surface area contributed by atoms with Gasteiger partial charge >= 0.3 is 5.97 Å². The lowest BCUT2D eigenvalue weighted by Crippen LogP contribution is -2.35. The van der Waals surface area contributed by atoms with Crippen LogP contribution < -0.4 is 5.01 Å². The number of nitriles is 1. The van der Waals surface area contributed by atoms with Gasteiger partial charge in [-0.1, -0.05) is 42.5 Å². The number of carbonyl (C=O) groups is 1. The highest BCUT2D eigenvalue weighted by Crippen LogP contribution is 2.42. The van der Waals surface area contributed by atoms with Crippen molar-refractivity contribution in [3.8, 4) is 6.07 Å². The Morgan fingerprint density at radius 1 is 1.12 bits per heavy atom. The van der Waals surface area contributed by atoms with Gasteiger partial charge in [0.1, 0.15) is 0 Å². The monoisotopic (exact) mass is 343 g/mol. The van der Waals surface area contributed by atoms with E-state index in [0.717, 1.165) is 28.1 Å². The molecule has 0 radical (unpaired) electrons. The molecule has 0 fully saturated rings. The van der Waals surface area contributed by atoms with E-state index in [4.69, 9.17) is 4.74 Å². The highest BCUT2D eigenvalue weighted by atomic mass is 16.5. The number of esters is 1. The number of hydrazine groups is 1. The normalized spacial score (nSPS) is 15.2. The Labute approximate surface area is 152 Å². The third-order valence-corrected chi connectivity index (χ3v) is 4.64. The van der Waals surface area contributed by atoms with Gasteiger partial charge in [-0.15, -0.1) is 0 Å². The van der Waals surface area contributed by atoms with Crippen molar-refractivity contribution >= 4 is 22.9 Å². The summed E-state index contributed by atoms with van der Waals surface area (Å²) in [4.78, 5) is 11.9. The maximum Gasteiger partial charge on any atom is 0.310 e. The van der Waals surface area contributed by atoms with Gasteiger partial charge in [-0.05, 0) is 23.3 Å². The number of methoxy groups -OCH3 is 1. The zero-order chi connectivity index (χ0) is 18.1. The Morgan fingerprint density at radius 3 is 2.50 bits per heavy atom. The number of carbonyl (C=O) groups excluding carboxylic acids is 1. The van der Waals surface area contributed by atoms with Gasteiger partial charge < -0.3 is 4.74 Å². The fourth-order valence-corrected chi connectivity index (χ4v) is 3.44. The second-order valence-electron chi connectivity index (χ2n) is 6.13. The molecule has 0 aliphatic carbocycles. The van der Waals surface area contributed by atoms with E-state index in [-0.39, 0.29) is 12.4 Å². The third-order valence-electron chi connectivity index (χ3n) is 4.64. The van der Waals surface area contributed by atoms with Gasteiger partial charge in [0.05, 0.1) is 43.1 Å². The molecule has 0 aromatic heterocycles. The summed E-state index contributed by atoms with van der Waals surface area (Å²) in [6.07, 6.45) is 2.12. The molecule has 2 aliphatic rings. The van der Waals surface area contributed by atoms with Gasteiger partial charge in [-0.2, -0.15) is 5.26 Å². The molecule has 128 valence electrons. The highest BCUT2D eigenvalue weighted by molar-refractivity contribution is 5.94. The summed E-state index contributed by atoms with van der Waals surface area (Å²) in [6.45, 7) is 0.492. The minimum Gasteiger partial charge on any atom is -0.469 e. The summed E-state index contributed by atoms with van der Waals surface area (Å²) in [5.74, 6) is -0.288. The van der Waals surface area contributed by atoms with E-state index < -0.39 is 0 Å². The summed E-state index contributed by atoms with van der Waals surface area (Å²) in [7, 11) is 1.39. The number of rotatable bonds is 3. The molecule has 2 aromatic rings. The number of ether oxygens (including phenoxy) is 1. The minimum absolute atomic E-state index is 0.182. The van der Waals surface area contributed by atoms with E-state index in [1.807, 2.05) is 70.8 Å². The fourth-order valence-electron chi connectivity index (χ4n) is 3.44. The zero-order valence-electron chi connectivity index (χ0n) is 14.3. The molecule has 26 heavy (non-hydrogen) atoms. The molecule has 0 spiro atoms. The van der Waals surface area contributed by atoms with Crippen LogP contribution in [0, 0.1) is 11.3 Å². The Hall–Kier alpha value is -3.52. The first-order valence-electron chi connectivity index (χ1n) is 8.35. The van der Waals surface area contributed by atoms with Gasteiger partial charge in [0.25, 0.3) is 0 Å². The van der Waals surface area contributed by atoms with Gasteiger partial charge in [0.2, 0.25) is 0 Å². The van der Waals surface area contributed by atoms with Crippen LogP contribution in [-0.2, 0) is 9.53 Å². The maximum atomic E-state index is 11.9. The van der Waals surface area contributed by atoms with Crippen LogP contribution in [0.3, 0.4) is 0 Å². The molecule has 0 unspecified atom stereocenters. The van der Waals surface area contributed by atoms with Gasteiger partial charge in [-0.3, -0.25) is 14.8 Å². The van der Waals surface area contributed by atoms with Crippen LogP contribution in [0.2, 0.25) is 0 Å². The van der Waals surface area contributed by atoms with Crippen molar-refractivity contribution in [3.63, 3.8) is 0 Å². The lowest BCUT2D eigenvalue weighted by Gasteiger charge is -2.35. The summed E-state index contributed by atoms with van der Waals surface area (Å²) in [5.41, 5.74) is 5.37. The number of nitrogens with zero attached hydrogens (tertiary/aromatic N) is 3. The molecule has 5 nitrogen and oxygen atoms in total. The second kappa shape index (κ2) is 6.41. The lowest BCUT2D eigenvalue weighted by atomic mass is 9.92. The molecule has 4 rings (SSSR count). The SMILES string of the molecule is COC(=O)CC1=CN2C(=C(C#N)CN2c2ccccc2)c2ccccc21. The van der Waals surface area contributed by atoms with Gasteiger partial charge in [0.15, 0.2) is 0 Å². The molecule has 0 amide bonds. The molecular weight excluding hydrogens is 326 g/mol. The van der Waals surface area contributed by atoms with E-state index in [9.17, 15) is 10.1 Å². The second-order valence-corrected chi connectivity index (χ2v) is 6.13. The number of fused-ring (bicyclic) bond motifs is 3. The average molecular weight is 343 g/mol. The molecule has 0 N–H and O–H groups in total. The van der Waals surface area contributed by atoms with Crippen molar-refractivity contribution in [3.05, 3.63) is 77.5 Å². The summed E-state index contributed by atoms with van der Waals surface area (Å²) in [5, 5.41) is 13.7. The van der Waals surface area contributed by atoms with E-state index in [1.54, 1.807) is 0 Å². The number of para-hydroxylation sites is 1. The van der Waals surface area contributed by atoms with Crippen molar-refractivity contribution in [2.75, 3.05) is 18.7 Å². The minimum atomic E-state index is -0.288. The summed E-state index contributed by atoms with van der Waals surface area (Å²) < 4.78 is 4.86. The molecule has 0 atom stereocenters. The van der Waals surface area contributed by atoms with Crippen molar-refractivity contribution in [2.24, 2.45) is 0 Å². The van der Waals surface area contributed by atoms with Crippen LogP contribution in [0.5, 0.6) is 0 Å². The summed E-state index contributed by atoms with van der Waals surface area (Å²) in [6, 6.07) is 20.1. The molecular formula is C21H17N3O2. The molecule has 2 heterocycles. The lowest BCUT2D eigenvalue weighted by molar-refractivity contribution is -0.139. The molecule has 2 aliphatic heterocycles. The first-order valence-corrected chi connectivity index (χ1v) is 8.35. The van der Waals surface area contributed by atoms with Crippen LogP contribution in [0.15, 0.2) is 66.4 Å². The number of anilines is 1. The topological polar surface area (TPSA) is 56.6 Å². The Bertz CT molecular complexity index is 970. The van der Waals surface area contributed by atoms with E-state index >= 15 is 0 Å². The van der Waals surface area contributed by atoms with Crippen LogP contribution in [0.1, 0.15) is 17.5 Å². The number of hydrogen-bond donors (Lipinski definition) is 0. The third kappa shape index (κ3) is 2.52. The maximum absolute atomic E-state index is 11.9.